The number of ether oxygens (including phenoxy) is 1. The molecule has 1 heterocycles. The number of hydrogen-bond donors (Lipinski definition) is 2. The van der Waals surface area contributed by atoms with E-state index in [-0.39, 0.29) is 35.3 Å². The smallest absolute Gasteiger partial charge is 0.348 e. The first-order valence-electron chi connectivity index (χ1n) is 6.05. The summed E-state index contributed by atoms with van der Waals surface area (Å²) in [6.07, 6.45) is 0.0618. The van der Waals surface area contributed by atoms with Crippen LogP contribution in [0.2, 0.25) is 0 Å². The molecular weight excluding hydrogens is 297 g/mol. The van der Waals surface area contributed by atoms with E-state index in [1.165, 1.54) is 30.3 Å². The lowest BCUT2D eigenvalue weighted by atomic mass is 10.3. The summed E-state index contributed by atoms with van der Waals surface area (Å²) < 4.78 is 18.0. The van der Waals surface area contributed by atoms with Gasteiger partial charge in [0.1, 0.15) is 16.4 Å². The molecule has 2 N–H and O–H groups in total. The highest BCUT2D eigenvalue weighted by Crippen LogP contribution is 2.22. The summed E-state index contributed by atoms with van der Waals surface area (Å²) in [7, 11) is 0. The first-order chi connectivity index (χ1) is 10.1. The van der Waals surface area contributed by atoms with Gasteiger partial charge in [-0.05, 0) is 35.7 Å². The molecular formula is C14H12FNO4S. The second-order valence-electron chi connectivity index (χ2n) is 4.07. The third-order valence-electron chi connectivity index (χ3n) is 2.55. The van der Waals surface area contributed by atoms with Crippen molar-refractivity contribution in [3.63, 3.8) is 0 Å². The Balaban J connectivity index is 1.81. The van der Waals surface area contributed by atoms with E-state index in [2.05, 4.69) is 5.32 Å². The topological polar surface area (TPSA) is 75.6 Å². The van der Waals surface area contributed by atoms with Crippen LogP contribution in [0.15, 0.2) is 35.7 Å². The van der Waals surface area contributed by atoms with E-state index in [1.54, 1.807) is 5.38 Å². The van der Waals surface area contributed by atoms with Gasteiger partial charge in [-0.1, -0.05) is 0 Å². The van der Waals surface area contributed by atoms with Gasteiger partial charge in [0.15, 0.2) is 0 Å². The number of thiophene rings is 1. The average Bonchev–Trinajstić information content (AvgIpc) is 2.89. The quantitative estimate of drug-likeness (QED) is 0.860. The van der Waals surface area contributed by atoms with Crippen LogP contribution < -0.4 is 10.1 Å². The number of amides is 1. The fourth-order valence-corrected chi connectivity index (χ4v) is 2.27. The van der Waals surface area contributed by atoms with E-state index in [0.717, 1.165) is 11.3 Å². The van der Waals surface area contributed by atoms with Gasteiger partial charge < -0.3 is 15.2 Å². The minimum absolute atomic E-state index is 0.0618. The zero-order chi connectivity index (χ0) is 15.2. The Kier molecular flexibility index (Phi) is 4.89. The summed E-state index contributed by atoms with van der Waals surface area (Å²) in [5.74, 6) is -1.33. The van der Waals surface area contributed by atoms with Crippen LogP contribution in [0.3, 0.4) is 0 Å². The summed E-state index contributed by atoms with van der Waals surface area (Å²) in [5.41, 5.74) is 0.277. The lowest BCUT2D eigenvalue weighted by molar-refractivity contribution is -0.116. The van der Waals surface area contributed by atoms with Crippen molar-refractivity contribution in [1.29, 1.82) is 0 Å². The number of anilines is 1. The molecule has 0 aliphatic heterocycles. The first kappa shape index (κ1) is 15.0. The van der Waals surface area contributed by atoms with E-state index in [1.807, 2.05) is 0 Å². The molecule has 0 aliphatic rings. The molecule has 2 rings (SSSR count). The molecule has 0 spiro atoms. The monoisotopic (exact) mass is 309 g/mol. The fourth-order valence-electron chi connectivity index (χ4n) is 1.58. The van der Waals surface area contributed by atoms with E-state index in [0.29, 0.717) is 5.75 Å². The number of carbonyl (C=O) groups excluding carboxylic acids is 1. The fraction of sp³-hybridized carbons (Fsp3) is 0.143. The Morgan fingerprint density at radius 2 is 1.95 bits per heavy atom. The molecule has 1 aromatic heterocycles. The van der Waals surface area contributed by atoms with Gasteiger partial charge in [0.05, 0.1) is 18.7 Å². The second-order valence-corrected chi connectivity index (χ2v) is 4.99. The lowest BCUT2D eigenvalue weighted by Gasteiger charge is -2.07. The third kappa shape index (κ3) is 4.28. The number of carbonyl (C=O) groups is 2. The number of aromatic carboxylic acids is 1. The second kappa shape index (κ2) is 6.85. The minimum atomic E-state index is -1.08. The maximum atomic E-state index is 12.7. The predicted molar refractivity (Wildman–Crippen MR) is 76.4 cm³/mol. The Hall–Kier alpha value is -2.41. The summed E-state index contributed by atoms with van der Waals surface area (Å²) >= 11 is 1.04. The molecule has 0 saturated heterocycles. The summed E-state index contributed by atoms with van der Waals surface area (Å²) in [6, 6.07) is 7.00. The molecule has 0 aliphatic carbocycles. The molecule has 1 aromatic carbocycles. The maximum Gasteiger partial charge on any atom is 0.348 e. The zero-order valence-electron chi connectivity index (χ0n) is 10.8. The number of rotatable bonds is 6. The number of nitrogens with one attached hydrogen (secondary N) is 1. The van der Waals surface area contributed by atoms with Crippen LogP contribution in [0.5, 0.6) is 5.75 Å². The van der Waals surface area contributed by atoms with Gasteiger partial charge in [-0.25, -0.2) is 9.18 Å². The Bertz CT molecular complexity index is 639. The predicted octanol–water partition coefficient (Wildman–Crippen LogP) is 2.99. The molecule has 0 radical (unpaired) electrons. The van der Waals surface area contributed by atoms with Crippen LogP contribution >= 0.6 is 11.3 Å². The van der Waals surface area contributed by atoms with Crippen molar-refractivity contribution in [2.24, 2.45) is 0 Å². The van der Waals surface area contributed by atoms with Crippen molar-refractivity contribution in [3.05, 3.63) is 46.4 Å². The van der Waals surface area contributed by atoms with Crippen LogP contribution in [0.1, 0.15) is 16.1 Å². The van der Waals surface area contributed by atoms with Gasteiger partial charge in [-0.3, -0.25) is 4.79 Å². The van der Waals surface area contributed by atoms with Gasteiger partial charge in [0, 0.05) is 0 Å². The van der Waals surface area contributed by atoms with Crippen LogP contribution in [0.4, 0.5) is 10.1 Å². The normalized spacial score (nSPS) is 10.1. The molecule has 0 fully saturated rings. The standard InChI is InChI=1S/C14H12FNO4S/c15-9-1-3-10(4-2-9)20-7-5-12(17)16-11-6-8-21-13(11)14(18)19/h1-4,6,8H,5,7H2,(H,16,17)(H,18,19). The average molecular weight is 309 g/mol. The highest BCUT2D eigenvalue weighted by Gasteiger charge is 2.13. The van der Waals surface area contributed by atoms with E-state index in [9.17, 15) is 14.0 Å². The molecule has 21 heavy (non-hydrogen) atoms. The number of hydrogen-bond acceptors (Lipinski definition) is 4. The van der Waals surface area contributed by atoms with Crippen LogP contribution in [0, 0.1) is 5.82 Å². The van der Waals surface area contributed by atoms with Crippen LogP contribution in [0.25, 0.3) is 0 Å². The van der Waals surface area contributed by atoms with Crippen molar-refractivity contribution >= 4 is 28.9 Å². The molecule has 0 saturated carbocycles. The number of benzene rings is 1. The zero-order valence-corrected chi connectivity index (χ0v) is 11.7. The largest absolute Gasteiger partial charge is 0.493 e. The Labute approximate surface area is 124 Å². The summed E-state index contributed by atoms with van der Waals surface area (Å²) in [5, 5.41) is 13.0. The molecule has 2 aromatic rings. The number of carboxylic acid groups (broad SMARTS) is 1. The third-order valence-corrected chi connectivity index (χ3v) is 3.45. The molecule has 0 unspecified atom stereocenters. The van der Waals surface area contributed by atoms with Crippen molar-refractivity contribution in [3.8, 4) is 5.75 Å². The number of halogens is 1. The van der Waals surface area contributed by atoms with E-state index < -0.39 is 5.97 Å². The molecule has 0 bridgehead atoms. The van der Waals surface area contributed by atoms with Gasteiger partial charge in [0.2, 0.25) is 5.91 Å². The van der Waals surface area contributed by atoms with Crippen molar-refractivity contribution in [2.45, 2.75) is 6.42 Å². The molecule has 110 valence electrons. The van der Waals surface area contributed by atoms with E-state index >= 15 is 0 Å². The highest BCUT2D eigenvalue weighted by atomic mass is 32.1. The molecule has 5 nitrogen and oxygen atoms in total. The SMILES string of the molecule is O=C(CCOc1ccc(F)cc1)Nc1ccsc1C(=O)O. The van der Waals surface area contributed by atoms with Gasteiger partial charge in [0.25, 0.3) is 0 Å². The first-order valence-corrected chi connectivity index (χ1v) is 6.93. The van der Waals surface area contributed by atoms with Crippen molar-refractivity contribution in [2.75, 3.05) is 11.9 Å². The van der Waals surface area contributed by atoms with Crippen LogP contribution in [-0.4, -0.2) is 23.6 Å². The van der Waals surface area contributed by atoms with Gasteiger partial charge in [-0.15, -0.1) is 11.3 Å². The molecule has 1 amide bonds. The highest BCUT2D eigenvalue weighted by molar-refractivity contribution is 7.12. The van der Waals surface area contributed by atoms with Gasteiger partial charge >= 0.3 is 5.97 Å². The Morgan fingerprint density at radius 1 is 1.24 bits per heavy atom. The minimum Gasteiger partial charge on any atom is -0.493 e. The summed E-state index contributed by atoms with van der Waals surface area (Å²) in [4.78, 5) is 22.7. The van der Waals surface area contributed by atoms with Crippen molar-refractivity contribution < 1.29 is 23.8 Å². The Morgan fingerprint density at radius 3 is 2.62 bits per heavy atom. The maximum absolute atomic E-state index is 12.7. The number of carboxylic acids is 1. The van der Waals surface area contributed by atoms with E-state index in [4.69, 9.17) is 9.84 Å². The van der Waals surface area contributed by atoms with Crippen molar-refractivity contribution in [1.82, 2.24) is 0 Å². The molecule has 0 atom stereocenters. The molecule has 7 heteroatoms. The summed E-state index contributed by atoms with van der Waals surface area (Å²) in [6.45, 7) is 0.115. The van der Waals surface area contributed by atoms with Crippen LogP contribution in [-0.2, 0) is 4.79 Å². The van der Waals surface area contributed by atoms with Gasteiger partial charge in [-0.2, -0.15) is 0 Å². The lowest BCUT2D eigenvalue weighted by Crippen LogP contribution is -2.16.